The first kappa shape index (κ1) is 14.3. The molecule has 1 aromatic rings. The number of aromatic hydroxyl groups is 1. The summed E-state index contributed by atoms with van der Waals surface area (Å²) < 4.78 is 13.6. The molecule has 1 N–H and O–H groups in total. The molecule has 1 aromatic carbocycles. The minimum Gasteiger partial charge on any atom is -0.508 e. The summed E-state index contributed by atoms with van der Waals surface area (Å²) in [4.78, 5) is 14.3. The van der Waals surface area contributed by atoms with Gasteiger partial charge in [0.25, 0.3) is 5.91 Å². The predicted molar refractivity (Wildman–Crippen MR) is 75.1 cm³/mol. The largest absolute Gasteiger partial charge is 0.508 e. The summed E-state index contributed by atoms with van der Waals surface area (Å²) >= 11 is 3.57. The smallest absolute Gasteiger partial charge is 0.256 e. The van der Waals surface area contributed by atoms with Crippen molar-refractivity contribution in [2.24, 2.45) is 5.92 Å². The van der Waals surface area contributed by atoms with Gasteiger partial charge >= 0.3 is 0 Å². The zero-order valence-corrected chi connectivity index (χ0v) is 12.4. The van der Waals surface area contributed by atoms with Gasteiger partial charge in [0, 0.05) is 24.0 Å². The summed E-state index contributed by atoms with van der Waals surface area (Å²) in [6, 6.07) is 3.65. The lowest BCUT2D eigenvalue weighted by Crippen LogP contribution is -2.40. The van der Waals surface area contributed by atoms with Crippen molar-refractivity contribution < 1.29 is 14.3 Å². The van der Waals surface area contributed by atoms with E-state index in [4.69, 9.17) is 5.11 Å². The molecule has 0 aromatic heterocycles. The average Bonchev–Trinajstić information content (AvgIpc) is 2.38. The number of phenols is 1. The molecule has 3 nitrogen and oxygen atoms in total. The van der Waals surface area contributed by atoms with Crippen LogP contribution >= 0.6 is 15.9 Å². The predicted octanol–water partition coefficient (Wildman–Crippen LogP) is 3.17. The number of rotatable bonds is 2. The molecule has 19 heavy (non-hydrogen) atoms. The lowest BCUT2D eigenvalue weighted by Gasteiger charge is -2.33. The second-order valence-electron chi connectivity index (χ2n) is 4.97. The molecule has 1 unspecified atom stereocenters. The van der Waals surface area contributed by atoms with Crippen molar-refractivity contribution in [3.8, 4) is 5.75 Å². The van der Waals surface area contributed by atoms with Gasteiger partial charge in [-0.05, 0) is 30.9 Å². The molecule has 104 valence electrons. The molecule has 0 spiro atoms. The van der Waals surface area contributed by atoms with E-state index in [-0.39, 0.29) is 17.2 Å². The lowest BCUT2D eigenvalue weighted by atomic mass is 9.94. The van der Waals surface area contributed by atoms with E-state index >= 15 is 0 Å². The van der Waals surface area contributed by atoms with Crippen LogP contribution in [0.4, 0.5) is 4.39 Å². The Morgan fingerprint density at radius 1 is 1.47 bits per heavy atom. The van der Waals surface area contributed by atoms with E-state index < -0.39 is 5.82 Å². The molecule has 1 saturated heterocycles. The zero-order valence-electron chi connectivity index (χ0n) is 10.8. The maximum atomic E-state index is 13.6. The first-order chi connectivity index (χ1) is 8.99. The molecular formula is C14H17BrFNO2. The number of hydrogen-bond acceptors (Lipinski definition) is 2. The number of hydrogen-bond donors (Lipinski definition) is 1. The van der Waals surface area contributed by atoms with Crippen molar-refractivity contribution in [2.75, 3.05) is 13.1 Å². The Kier molecular flexibility index (Phi) is 4.45. The number of piperidine rings is 1. The first-order valence-corrected chi connectivity index (χ1v) is 7.32. The Morgan fingerprint density at radius 2 is 2.11 bits per heavy atom. The van der Waals surface area contributed by atoms with E-state index in [1.807, 2.05) is 0 Å². The average molecular weight is 330 g/mol. The standard InChI is InChI=1S/C14H17BrFNO2/c1-9(15)10-4-6-17(7-5-10)14(19)12-3-2-11(18)8-13(12)16/h2-3,8-10,18H,4-7H2,1H3. The van der Waals surface area contributed by atoms with Gasteiger partial charge in [-0.1, -0.05) is 22.9 Å². The highest BCUT2D eigenvalue weighted by atomic mass is 79.9. The van der Waals surface area contributed by atoms with Crippen LogP contribution in [0.2, 0.25) is 0 Å². The van der Waals surface area contributed by atoms with Gasteiger partial charge in [0.15, 0.2) is 0 Å². The fraction of sp³-hybridized carbons (Fsp3) is 0.500. The number of phenolic OH excluding ortho intramolecular Hbond substituents is 1. The highest BCUT2D eigenvalue weighted by Gasteiger charge is 2.27. The number of nitrogens with zero attached hydrogens (tertiary/aromatic N) is 1. The molecular weight excluding hydrogens is 313 g/mol. The van der Waals surface area contributed by atoms with Crippen LogP contribution in [0.15, 0.2) is 18.2 Å². The number of likely N-dealkylation sites (tertiary alicyclic amines) is 1. The number of alkyl halides is 1. The van der Waals surface area contributed by atoms with Gasteiger partial charge in [-0.25, -0.2) is 4.39 Å². The Labute approximate surface area is 120 Å². The van der Waals surface area contributed by atoms with Crippen LogP contribution in [0.3, 0.4) is 0 Å². The maximum Gasteiger partial charge on any atom is 0.256 e. The third kappa shape index (κ3) is 3.26. The van der Waals surface area contributed by atoms with E-state index in [9.17, 15) is 9.18 Å². The minimum absolute atomic E-state index is 0.0307. The third-order valence-electron chi connectivity index (χ3n) is 3.66. The summed E-state index contributed by atoms with van der Waals surface area (Å²) in [5, 5.41) is 9.16. The van der Waals surface area contributed by atoms with Crippen LogP contribution in [0.25, 0.3) is 0 Å². The normalized spacial score (nSPS) is 18.4. The monoisotopic (exact) mass is 329 g/mol. The molecule has 1 atom stereocenters. The Bertz CT molecular complexity index is 471. The van der Waals surface area contributed by atoms with Gasteiger partial charge in [0.05, 0.1) is 5.56 Å². The van der Waals surface area contributed by atoms with E-state index in [1.165, 1.54) is 12.1 Å². The van der Waals surface area contributed by atoms with Gasteiger partial charge in [-0.15, -0.1) is 0 Å². The molecule has 0 radical (unpaired) electrons. The SMILES string of the molecule is CC(Br)C1CCN(C(=O)c2ccc(O)cc2F)CC1. The van der Waals surface area contributed by atoms with Gasteiger partial charge in [0.1, 0.15) is 11.6 Å². The van der Waals surface area contributed by atoms with Gasteiger partial charge in [-0.3, -0.25) is 4.79 Å². The van der Waals surface area contributed by atoms with Crippen LogP contribution in [-0.2, 0) is 0 Å². The van der Waals surface area contributed by atoms with Crippen LogP contribution in [-0.4, -0.2) is 33.8 Å². The fourth-order valence-electron chi connectivity index (χ4n) is 2.41. The maximum absolute atomic E-state index is 13.6. The summed E-state index contributed by atoms with van der Waals surface area (Å²) in [6.45, 7) is 3.42. The quantitative estimate of drug-likeness (QED) is 0.846. The van der Waals surface area contributed by atoms with E-state index in [1.54, 1.807) is 4.90 Å². The summed E-state index contributed by atoms with van der Waals surface area (Å²) in [5.74, 6) is -0.561. The molecule has 0 saturated carbocycles. The topological polar surface area (TPSA) is 40.5 Å². The number of amides is 1. The molecule has 5 heteroatoms. The number of carbonyl (C=O) groups excluding carboxylic acids is 1. The highest BCUT2D eigenvalue weighted by molar-refractivity contribution is 9.09. The molecule has 0 aliphatic carbocycles. The zero-order chi connectivity index (χ0) is 14.0. The van der Waals surface area contributed by atoms with Crippen molar-refractivity contribution >= 4 is 21.8 Å². The summed E-state index contributed by atoms with van der Waals surface area (Å²) in [7, 11) is 0. The lowest BCUT2D eigenvalue weighted by molar-refractivity contribution is 0.0687. The van der Waals surface area contributed by atoms with E-state index in [0.29, 0.717) is 23.8 Å². The Hall–Kier alpha value is -1.10. The molecule has 1 heterocycles. The molecule has 1 amide bonds. The molecule has 2 rings (SSSR count). The minimum atomic E-state index is -0.666. The van der Waals surface area contributed by atoms with Crippen LogP contribution in [0.1, 0.15) is 30.1 Å². The van der Waals surface area contributed by atoms with Crippen molar-refractivity contribution in [1.82, 2.24) is 4.90 Å². The molecule has 1 fully saturated rings. The first-order valence-electron chi connectivity index (χ1n) is 6.41. The fourth-order valence-corrected chi connectivity index (χ4v) is 2.94. The molecule has 0 bridgehead atoms. The summed E-state index contributed by atoms with van der Waals surface area (Å²) in [5.41, 5.74) is 0.0307. The van der Waals surface area contributed by atoms with Crippen molar-refractivity contribution in [1.29, 1.82) is 0 Å². The van der Waals surface area contributed by atoms with Gasteiger partial charge in [0.2, 0.25) is 0 Å². The van der Waals surface area contributed by atoms with Crippen LogP contribution in [0.5, 0.6) is 5.75 Å². The third-order valence-corrected chi connectivity index (χ3v) is 4.41. The summed E-state index contributed by atoms with van der Waals surface area (Å²) in [6.07, 6.45) is 1.86. The number of halogens is 2. The molecule has 1 aliphatic rings. The van der Waals surface area contributed by atoms with Gasteiger partial charge in [-0.2, -0.15) is 0 Å². The van der Waals surface area contributed by atoms with Crippen LogP contribution in [0, 0.1) is 11.7 Å². The molecule has 1 aliphatic heterocycles. The van der Waals surface area contributed by atoms with Gasteiger partial charge < -0.3 is 10.0 Å². The van der Waals surface area contributed by atoms with Crippen molar-refractivity contribution in [2.45, 2.75) is 24.6 Å². The second-order valence-corrected chi connectivity index (χ2v) is 6.42. The second kappa shape index (κ2) is 5.90. The van der Waals surface area contributed by atoms with E-state index in [2.05, 4.69) is 22.9 Å². The number of carbonyl (C=O) groups is 1. The number of benzene rings is 1. The van der Waals surface area contributed by atoms with E-state index in [0.717, 1.165) is 18.9 Å². The highest BCUT2D eigenvalue weighted by Crippen LogP contribution is 2.26. The van der Waals surface area contributed by atoms with Crippen LogP contribution < -0.4 is 0 Å². The Morgan fingerprint density at radius 3 is 2.63 bits per heavy atom. The van der Waals surface area contributed by atoms with Crippen molar-refractivity contribution in [3.63, 3.8) is 0 Å². The Balaban J connectivity index is 2.05. The van der Waals surface area contributed by atoms with Crippen molar-refractivity contribution in [3.05, 3.63) is 29.6 Å².